The van der Waals surface area contributed by atoms with Gasteiger partial charge in [-0.05, 0) is 93.3 Å². The molecule has 300 valence electrons. The number of benzene rings is 2. The van der Waals surface area contributed by atoms with Gasteiger partial charge < -0.3 is 41.0 Å². The van der Waals surface area contributed by atoms with Gasteiger partial charge in [-0.25, -0.2) is 29.5 Å². The molecule has 14 nitrogen and oxygen atoms in total. The van der Waals surface area contributed by atoms with Crippen molar-refractivity contribution in [1.82, 2.24) is 35.9 Å². The van der Waals surface area contributed by atoms with Gasteiger partial charge in [0.05, 0.1) is 28.5 Å². The summed E-state index contributed by atoms with van der Waals surface area (Å²) in [7, 11) is 0. The van der Waals surface area contributed by atoms with E-state index in [0.717, 1.165) is 97.1 Å². The van der Waals surface area contributed by atoms with E-state index < -0.39 is 11.2 Å². The maximum Gasteiger partial charge on any atom is 0.407 e. The van der Waals surface area contributed by atoms with Gasteiger partial charge in [0, 0.05) is 55.6 Å². The quantitative estimate of drug-likeness (QED) is 0.191. The third-order valence-corrected chi connectivity index (χ3v) is 9.04. The van der Waals surface area contributed by atoms with Crippen LogP contribution >= 0.6 is 0 Å². The van der Waals surface area contributed by atoms with Crippen molar-refractivity contribution in [3.63, 3.8) is 0 Å². The Labute approximate surface area is 326 Å². The number of nitrogens with one attached hydrogen (secondary N) is 3. The molecule has 2 aromatic carbocycles. The standard InChI is InChI=1S/C18H24N4O2.C13H16N4.C9H18N2O2.CH4/c1-12-14-7-5-6-8-15(14)21-16(19-12)22-10-9-13(11-22)20-17(23)24-18(2,3)4;1-9-11-4-2-3-5-12(11)16-13(15-9)17-7-6-10(14)8-17;1-9(2,3)13-8(12)11-7-4-5-10-6-7;/h5-8,13H,9-11H2,1-4H3,(H,20,23);2-5,10H,6-8,14H2,1H3;7,10H,4-6H2,1-3H3,(H,11,12);1H4. The summed E-state index contributed by atoms with van der Waals surface area (Å²) in [6, 6.07) is 16.7. The van der Waals surface area contributed by atoms with Crippen LogP contribution in [0.5, 0.6) is 0 Å². The van der Waals surface area contributed by atoms with E-state index in [-0.39, 0.29) is 37.7 Å². The molecule has 0 radical (unpaired) electrons. The van der Waals surface area contributed by atoms with Crippen LogP contribution in [-0.2, 0) is 9.47 Å². The lowest BCUT2D eigenvalue weighted by Gasteiger charge is -2.22. The Morgan fingerprint density at radius 3 is 1.64 bits per heavy atom. The molecule has 0 spiro atoms. The highest BCUT2D eigenvalue weighted by Crippen LogP contribution is 2.23. The van der Waals surface area contributed by atoms with Crippen molar-refractivity contribution < 1.29 is 19.1 Å². The van der Waals surface area contributed by atoms with Gasteiger partial charge >= 0.3 is 12.2 Å². The molecule has 2 amide bonds. The van der Waals surface area contributed by atoms with Gasteiger partial charge in [-0.1, -0.05) is 43.8 Å². The van der Waals surface area contributed by atoms with Crippen LogP contribution in [0.3, 0.4) is 0 Å². The van der Waals surface area contributed by atoms with Crippen molar-refractivity contribution in [1.29, 1.82) is 0 Å². The third-order valence-electron chi connectivity index (χ3n) is 9.04. The molecule has 0 saturated carbocycles. The number of ether oxygens (including phenoxy) is 2. The number of carbonyl (C=O) groups excluding carboxylic acids is 2. The number of nitrogens with zero attached hydrogens (tertiary/aromatic N) is 6. The van der Waals surface area contributed by atoms with E-state index in [1.54, 1.807) is 0 Å². The molecule has 3 aliphatic heterocycles. The molecular formula is C41H62N10O4. The van der Waals surface area contributed by atoms with Crippen molar-refractivity contribution in [3.05, 3.63) is 59.9 Å². The van der Waals surface area contributed by atoms with Crippen LogP contribution in [-0.4, -0.2) is 101 Å². The van der Waals surface area contributed by atoms with E-state index in [4.69, 9.17) is 15.2 Å². The molecule has 14 heteroatoms. The Bertz CT molecular complexity index is 1890. The van der Waals surface area contributed by atoms with Crippen LogP contribution in [0.4, 0.5) is 21.5 Å². The van der Waals surface area contributed by atoms with Gasteiger partial charge in [0.15, 0.2) is 0 Å². The van der Waals surface area contributed by atoms with Crippen molar-refractivity contribution in [2.75, 3.05) is 49.1 Å². The van der Waals surface area contributed by atoms with Crippen molar-refractivity contribution >= 4 is 45.9 Å². The molecular weight excluding hydrogens is 697 g/mol. The Kier molecular flexibility index (Phi) is 14.6. The fourth-order valence-electron chi connectivity index (χ4n) is 6.48. The molecule has 3 aliphatic rings. The van der Waals surface area contributed by atoms with Crippen LogP contribution in [0.15, 0.2) is 48.5 Å². The third kappa shape index (κ3) is 12.9. The van der Waals surface area contributed by atoms with Gasteiger partial charge in [-0.15, -0.1) is 0 Å². The lowest BCUT2D eigenvalue weighted by Crippen LogP contribution is -2.40. The summed E-state index contributed by atoms with van der Waals surface area (Å²) in [5.74, 6) is 1.54. The highest BCUT2D eigenvalue weighted by Gasteiger charge is 2.28. The number of aromatic nitrogens is 4. The van der Waals surface area contributed by atoms with Gasteiger partial charge in [0.2, 0.25) is 11.9 Å². The Balaban J connectivity index is 0.000000191. The highest BCUT2D eigenvalue weighted by molar-refractivity contribution is 5.82. The summed E-state index contributed by atoms with van der Waals surface area (Å²) in [4.78, 5) is 45.9. The maximum atomic E-state index is 11.9. The molecule has 3 unspecified atom stereocenters. The monoisotopic (exact) mass is 758 g/mol. The van der Waals surface area contributed by atoms with Crippen LogP contribution in [0.1, 0.15) is 79.6 Å². The Hall–Kier alpha value is -4.82. The molecule has 0 bridgehead atoms. The van der Waals surface area contributed by atoms with Crippen LogP contribution < -0.4 is 31.5 Å². The number of amides is 2. The number of rotatable bonds is 4. The molecule has 3 atom stereocenters. The summed E-state index contributed by atoms with van der Waals surface area (Å²) >= 11 is 0. The van der Waals surface area contributed by atoms with E-state index in [0.29, 0.717) is 6.54 Å². The lowest BCUT2D eigenvalue weighted by molar-refractivity contribution is 0.0497. The molecule has 55 heavy (non-hydrogen) atoms. The first-order chi connectivity index (χ1) is 25.5. The van der Waals surface area contributed by atoms with E-state index in [1.807, 2.05) is 97.9 Å². The number of hydrogen-bond donors (Lipinski definition) is 4. The zero-order valence-electron chi connectivity index (χ0n) is 33.1. The van der Waals surface area contributed by atoms with Gasteiger partial charge in [-0.2, -0.15) is 0 Å². The van der Waals surface area contributed by atoms with E-state index in [1.165, 1.54) is 0 Å². The summed E-state index contributed by atoms with van der Waals surface area (Å²) in [6.45, 7) is 20.3. The Morgan fingerprint density at radius 1 is 0.709 bits per heavy atom. The van der Waals surface area contributed by atoms with Crippen molar-refractivity contribution in [2.45, 2.75) is 111 Å². The number of para-hydroxylation sites is 2. The number of anilines is 2. The number of fused-ring (bicyclic) bond motifs is 2. The molecule has 4 aromatic rings. The van der Waals surface area contributed by atoms with E-state index >= 15 is 0 Å². The number of alkyl carbamates (subject to hydrolysis) is 2. The smallest absolute Gasteiger partial charge is 0.407 e. The number of carbonyl (C=O) groups is 2. The topological polar surface area (TPSA) is 173 Å². The number of aryl methyl sites for hydroxylation is 2. The summed E-state index contributed by atoms with van der Waals surface area (Å²) in [5.41, 5.74) is 8.99. The van der Waals surface area contributed by atoms with E-state index in [9.17, 15) is 9.59 Å². The SMILES string of the molecule is C.CC(C)(C)OC(=O)NC1CCNC1.Cc1nc(N2CCC(N)C2)nc2ccccc12.Cc1nc(N2CCC(NC(=O)OC(C)(C)C)C2)nc2ccccc12. The predicted molar refractivity (Wildman–Crippen MR) is 221 cm³/mol. The maximum absolute atomic E-state index is 11.9. The molecule has 3 fully saturated rings. The molecule has 5 heterocycles. The largest absolute Gasteiger partial charge is 0.444 e. The number of hydrogen-bond acceptors (Lipinski definition) is 12. The number of nitrogens with two attached hydrogens (primary N) is 1. The van der Waals surface area contributed by atoms with Crippen molar-refractivity contribution in [3.8, 4) is 0 Å². The molecule has 3 saturated heterocycles. The molecule has 7 rings (SSSR count). The van der Waals surface area contributed by atoms with Crippen LogP contribution in [0.25, 0.3) is 21.8 Å². The summed E-state index contributed by atoms with van der Waals surface area (Å²) in [5, 5.41) is 11.1. The predicted octanol–water partition coefficient (Wildman–Crippen LogP) is 6.03. The van der Waals surface area contributed by atoms with E-state index in [2.05, 4.69) is 51.8 Å². The second-order valence-electron chi connectivity index (χ2n) is 16.2. The average Bonchev–Trinajstić information content (AvgIpc) is 3.87. The molecule has 5 N–H and O–H groups in total. The summed E-state index contributed by atoms with van der Waals surface area (Å²) in [6.07, 6.45) is 2.18. The minimum absolute atomic E-state index is 0. The minimum atomic E-state index is -0.485. The fraction of sp³-hybridized carbons (Fsp3) is 0.561. The van der Waals surface area contributed by atoms with Crippen molar-refractivity contribution in [2.24, 2.45) is 5.73 Å². The first-order valence-electron chi connectivity index (χ1n) is 18.9. The fourth-order valence-corrected chi connectivity index (χ4v) is 6.48. The second-order valence-corrected chi connectivity index (χ2v) is 16.2. The summed E-state index contributed by atoms with van der Waals surface area (Å²) < 4.78 is 10.4. The minimum Gasteiger partial charge on any atom is -0.444 e. The first-order valence-corrected chi connectivity index (χ1v) is 18.9. The molecule has 2 aromatic heterocycles. The van der Waals surface area contributed by atoms with Crippen LogP contribution in [0, 0.1) is 13.8 Å². The van der Waals surface area contributed by atoms with Gasteiger partial charge in [0.25, 0.3) is 0 Å². The van der Waals surface area contributed by atoms with Crippen LogP contribution in [0.2, 0.25) is 0 Å². The average molecular weight is 759 g/mol. The molecule has 0 aliphatic carbocycles. The Morgan fingerprint density at radius 2 is 1.18 bits per heavy atom. The zero-order valence-corrected chi connectivity index (χ0v) is 33.1. The normalized spacial score (nSPS) is 19.5. The second kappa shape index (κ2) is 18.7. The lowest BCUT2D eigenvalue weighted by atomic mass is 10.2. The van der Waals surface area contributed by atoms with Gasteiger partial charge in [-0.3, -0.25) is 0 Å². The highest BCUT2D eigenvalue weighted by atomic mass is 16.6. The van der Waals surface area contributed by atoms with Gasteiger partial charge in [0.1, 0.15) is 11.2 Å². The zero-order chi connectivity index (χ0) is 39.0. The first kappa shape index (κ1) is 42.9.